The van der Waals surface area contributed by atoms with Gasteiger partial charge in [0.1, 0.15) is 5.69 Å². The average Bonchev–Trinajstić information content (AvgIpc) is 3.14. The zero-order chi connectivity index (χ0) is 22.8. The molecule has 0 N–H and O–H groups in total. The molecule has 1 atom stereocenters. The first-order valence-electron chi connectivity index (χ1n) is 11.0. The summed E-state index contributed by atoms with van der Waals surface area (Å²) in [5, 5.41) is 4.11. The Morgan fingerprint density at radius 1 is 0.969 bits per heavy atom. The Morgan fingerprint density at radius 2 is 1.66 bits per heavy atom. The Labute approximate surface area is 189 Å². The Morgan fingerprint density at radius 3 is 2.28 bits per heavy atom. The summed E-state index contributed by atoms with van der Waals surface area (Å²) in [6, 6.07) is 16.7. The van der Waals surface area contributed by atoms with Gasteiger partial charge in [0.15, 0.2) is 0 Å². The minimum absolute atomic E-state index is 0.0803. The van der Waals surface area contributed by atoms with E-state index in [-0.39, 0.29) is 17.7 Å². The van der Waals surface area contributed by atoms with Crippen LogP contribution in [0.25, 0.3) is 11.1 Å². The summed E-state index contributed by atoms with van der Waals surface area (Å²) >= 11 is 0. The van der Waals surface area contributed by atoms with Gasteiger partial charge in [0.25, 0.3) is 5.91 Å². The summed E-state index contributed by atoms with van der Waals surface area (Å²) in [5.41, 5.74) is 6.49. The van der Waals surface area contributed by atoms with Crippen molar-refractivity contribution in [2.75, 3.05) is 26.7 Å². The van der Waals surface area contributed by atoms with E-state index in [1.807, 2.05) is 7.05 Å². The highest BCUT2D eigenvalue weighted by atomic mass is 16.2. The van der Waals surface area contributed by atoms with Crippen molar-refractivity contribution in [2.24, 2.45) is 13.0 Å². The number of hydrogen-bond acceptors (Lipinski definition) is 3. The van der Waals surface area contributed by atoms with Gasteiger partial charge in [-0.05, 0) is 43.0 Å². The molecule has 3 aromatic rings. The van der Waals surface area contributed by atoms with Gasteiger partial charge >= 0.3 is 0 Å². The summed E-state index contributed by atoms with van der Waals surface area (Å²) < 4.78 is 1.58. The van der Waals surface area contributed by atoms with E-state index in [0.29, 0.717) is 31.7 Å². The fraction of sp³-hybridized carbons (Fsp3) is 0.346. The number of benzene rings is 2. The third kappa shape index (κ3) is 4.59. The van der Waals surface area contributed by atoms with Crippen LogP contribution in [-0.2, 0) is 18.3 Å². The molecule has 1 saturated heterocycles. The Kier molecular flexibility index (Phi) is 6.12. The van der Waals surface area contributed by atoms with Crippen molar-refractivity contribution in [2.45, 2.75) is 20.3 Å². The van der Waals surface area contributed by atoms with Crippen molar-refractivity contribution in [1.82, 2.24) is 19.6 Å². The second-order valence-electron chi connectivity index (χ2n) is 8.83. The van der Waals surface area contributed by atoms with E-state index in [0.717, 1.165) is 11.1 Å². The molecule has 0 radical (unpaired) electrons. The molecule has 1 fully saturated rings. The monoisotopic (exact) mass is 430 g/mol. The largest absolute Gasteiger partial charge is 0.344 e. The molecule has 1 aliphatic rings. The lowest BCUT2D eigenvalue weighted by atomic mass is 9.95. The molecule has 32 heavy (non-hydrogen) atoms. The number of amides is 2. The molecular weight excluding hydrogens is 400 g/mol. The van der Waals surface area contributed by atoms with E-state index in [9.17, 15) is 9.59 Å². The van der Waals surface area contributed by atoms with Crippen LogP contribution in [0.1, 0.15) is 27.2 Å². The van der Waals surface area contributed by atoms with Crippen LogP contribution >= 0.6 is 0 Å². The number of aryl methyl sites for hydroxylation is 3. The standard InChI is InChI=1S/C26H30N4O2/c1-18-13-19(2)15-22(14-18)21-7-5-20(6-8-21)16-23-17-30(12-11-28(3)25(23)31)26(32)24-9-10-27-29(24)4/h5-10,13-15,23H,11-12,16-17H2,1-4H3/t23-/m1/s1. The molecule has 2 amide bonds. The molecule has 2 heterocycles. The normalized spacial score (nSPS) is 16.9. The number of carbonyl (C=O) groups is 2. The zero-order valence-electron chi connectivity index (χ0n) is 19.2. The average molecular weight is 431 g/mol. The Balaban J connectivity index is 1.52. The lowest BCUT2D eigenvalue weighted by Gasteiger charge is -2.23. The number of carbonyl (C=O) groups excluding carboxylic acids is 2. The second-order valence-corrected chi connectivity index (χ2v) is 8.83. The van der Waals surface area contributed by atoms with Gasteiger partial charge in [-0.15, -0.1) is 0 Å². The summed E-state index contributed by atoms with van der Waals surface area (Å²) in [5.74, 6) is -0.265. The van der Waals surface area contributed by atoms with Gasteiger partial charge in [0.2, 0.25) is 5.91 Å². The maximum absolute atomic E-state index is 13.0. The number of hydrogen-bond donors (Lipinski definition) is 0. The quantitative estimate of drug-likeness (QED) is 0.637. The van der Waals surface area contributed by atoms with Gasteiger partial charge in [0, 0.05) is 39.9 Å². The maximum atomic E-state index is 13.0. The van der Waals surface area contributed by atoms with Crippen LogP contribution in [0.3, 0.4) is 0 Å². The first-order valence-corrected chi connectivity index (χ1v) is 11.0. The molecule has 0 bridgehead atoms. The molecule has 0 aliphatic carbocycles. The molecule has 0 saturated carbocycles. The van der Waals surface area contributed by atoms with Crippen molar-refractivity contribution in [1.29, 1.82) is 0 Å². The van der Waals surface area contributed by atoms with Gasteiger partial charge in [-0.25, -0.2) is 0 Å². The van der Waals surface area contributed by atoms with Crippen LogP contribution in [0.5, 0.6) is 0 Å². The van der Waals surface area contributed by atoms with Crippen LogP contribution < -0.4 is 0 Å². The summed E-state index contributed by atoms with van der Waals surface area (Å²) in [6.07, 6.45) is 2.22. The van der Waals surface area contributed by atoms with E-state index in [4.69, 9.17) is 0 Å². The maximum Gasteiger partial charge on any atom is 0.272 e. The van der Waals surface area contributed by atoms with Gasteiger partial charge in [0.05, 0.1) is 5.92 Å². The molecule has 1 aliphatic heterocycles. The van der Waals surface area contributed by atoms with Gasteiger partial charge in [-0.2, -0.15) is 5.10 Å². The fourth-order valence-electron chi connectivity index (χ4n) is 4.47. The minimum Gasteiger partial charge on any atom is -0.344 e. The first-order chi connectivity index (χ1) is 15.3. The molecule has 0 unspecified atom stereocenters. The van der Waals surface area contributed by atoms with E-state index in [1.54, 1.807) is 33.8 Å². The zero-order valence-corrected chi connectivity index (χ0v) is 19.2. The molecule has 166 valence electrons. The third-order valence-electron chi connectivity index (χ3n) is 6.19. The SMILES string of the molecule is Cc1cc(C)cc(-c2ccc(C[C@@H]3CN(C(=O)c4ccnn4C)CCN(C)C3=O)cc2)c1. The van der Waals surface area contributed by atoms with Crippen LogP contribution in [-0.4, -0.2) is 58.1 Å². The predicted octanol–water partition coefficient (Wildman–Crippen LogP) is 3.48. The summed E-state index contributed by atoms with van der Waals surface area (Å²) in [4.78, 5) is 29.6. The van der Waals surface area contributed by atoms with E-state index in [2.05, 4.69) is 61.4 Å². The lowest BCUT2D eigenvalue weighted by molar-refractivity contribution is -0.133. The summed E-state index contributed by atoms with van der Waals surface area (Å²) in [6.45, 7) is 5.68. The Hall–Kier alpha value is -3.41. The van der Waals surface area contributed by atoms with Gasteiger partial charge < -0.3 is 9.80 Å². The lowest BCUT2D eigenvalue weighted by Crippen LogP contribution is -2.38. The van der Waals surface area contributed by atoms with Crippen LogP contribution in [0.4, 0.5) is 0 Å². The van der Waals surface area contributed by atoms with Crippen molar-refractivity contribution in [3.05, 3.63) is 77.1 Å². The molecular formula is C26H30N4O2. The molecule has 4 rings (SSSR count). The highest BCUT2D eigenvalue weighted by molar-refractivity contribution is 5.93. The smallest absolute Gasteiger partial charge is 0.272 e. The van der Waals surface area contributed by atoms with Crippen LogP contribution in [0.15, 0.2) is 54.7 Å². The van der Waals surface area contributed by atoms with Crippen LogP contribution in [0.2, 0.25) is 0 Å². The number of rotatable bonds is 4. The van der Waals surface area contributed by atoms with E-state index >= 15 is 0 Å². The number of likely N-dealkylation sites (N-methyl/N-ethyl adjacent to an activating group) is 1. The van der Waals surface area contributed by atoms with Crippen molar-refractivity contribution in [3.63, 3.8) is 0 Å². The molecule has 1 aromatic heterocycles. The topological polar surface area (TPSA) is 58.4 Å². The molecule has 6 heteroatoms. The van der Waals surface area contributed by atoms with Crippen molar-refractivity contribution in [3.8, 4) is 11.1 Å². The predicted molar refractivity (Wildman–Crippen MR) is 125 cm³/mol. The second kappa shape index (κ2) is 8.99. The minimum atomic E-state index is -0.272. The number of aromatic nitrogens is 2. The van der Waals surface area contributed by atoms with E-state index in [1.165, 1.54) is 16.7 Å². The van der Waals surface area contributed by atoms with Crippen molar-refractivity contribution >= 4 is 11.8 Å². The Bertz CT molecular complexity index is 1110. The fourth-order valence-corrected chi connectivity index (χ4v) is 4.47. The molecule has 2 aromatic carbocycles. The van der Waals surface area contributed by atoms with E-state index < -0.39 is 0 Å². The first kappa shape index (κ1) is 21.8. The van der Waals surface area contributed by atoms with Crippen molar-refractivity contribution < 1.29 is 9.59 Å². The van der Waals surface area contributed by atoms with Gasteiger partial charge in [-0.1, -0.05) is 53.6 Å². The van der Waals surface area contributed by atoms with Crippen LogP contribution in [0, 0.1) is 19.8 Å². The van der Waals surface area contributed by atoms with Gasteiger partial charge in [-0.3, -0.25) is 14.3 Å². The molecule has 6 nitrogen and oxygen atoms in total. The number of nitrogens with zero attached hydrogens (tertiary/aromatic N) is 4. The third-order valence-corrected chi connectivity index (χ3v) is 6.19. The highest BCUT2D eigenvalue weighted by Crippen LogP contribution is 2.24. The highest BCUT2D eigenvalue weighted by Gasteiger charge is 2.31. The summed E-state index contributed by atoms with van der Waals surface area (Å²) in [7, 11) is 3.58. The molecule has 0 spiro atoms.